The van der Waals surface area contributed by atoms with Crippen LogP contribution in [0, 0.1) is 12.7 Å². The number of hydrogen-bond acceptors (Lipinski definition) is 2. The standard InChI is InChI=1S/C12H13ClFN3/c1-8-10(7-16-17-8)6-15-5-9-3-2-4-11(13)12(9)14/h2-4,7,15H,5-6H2,1H3,(H,16,17). The molecular formula is C12H13ClFN3. The van der Waals surface area contributed by atoms with Gasteiger partial charge >= 0.3 is 0 Å². The number of rotatable bonds is 4. The van der Waals surface area contributed by atoms with Crippen molar-refractivity contribution in [3.05, 3.63) is 52.1 Å². The fourth-order valence-corrected chi connectivity index (χ4v) is 1.76. The Hall–Kier alpha value is -1.39. The Kier molecular flexibility index (Phi) is 3.76. The lowest BCUT2D eigenvalue weighted by Crippen LogP contribution is -2.14. The summed E-state index contributed by atoms with van der Waals surface area (Å²) < 4.78 is 13.6. The van der Waals surface area contributed by atoms with Gasteiger partial charge in [0.15, 0.2) is 0 Å². The highest BCUT2D eigenvalue weighted by Gasteiger charge is 2.06. The summed E-state index contributed by atoms with van der Waals surface area (Å²) in [6.07, 6.45) is 1.76. The van der Waals surface area contributed by atoms with E-state index in [0.29, 0.717) is 18.7 Å². The van der Waals surface area contributed by atoms with E-state index in [1.54, 1.807) is 24.4 Å². The van der Waals surface area contributed by atoms with Gasteiger partial charge in [-0.15, -0.1) is 0 Å². The Balaban J connectivity index is 1.95. The number of halogens is 2. The lowest BCUT2D eigenvalue weighted by Gasteiger charge is -2.06. The van der Waals surface area contributed by atoms with Gasteiger partial charge in [-0.05, 0) is 13.0 Å². The quantitative estimate of drug-likeness (QED) is 0.880. The maximum Gasteiger partial charge on any atom is 0.146 e. The SMILES string of the molecule is Cc1[nH]ncc1CNCc1cccc(Cl)c1F. The van der Waals surface area contributed by atoms with Crippen molar-refractivity contribution in [3.8, 4) is 0 Å². The first-order valence-corrected chi connectivity index (χ1v) is 5.68. The number of nitrogens with one attached hydrogen (secondary N) is 2. The monoisotopic (exact) mass is 253 g/mol. The van der Waals surface area contributed by atoms with Gasteiger partial charge in [0, 0.05) is 29.9 Å². The van der Waals surface area contributed by atoms with Crippen LogP contribution >= 0.6 is 11.6 Å². The predicted molar refractivity (Wildman–Crippen MR) is 65.3 cm³/mol. The van der Waals surface area contributed by atoms with Gasteiger partial charge in [-0.3, -0.25) is 5.10 Å². The molecule has 0 saturated carbocycles. The predicted octanol–water partition coefficient (Wildman–Crippen LogP) is 2.80. The molecule has 17 heavy (non-hydrogen) atoms. The number of H-pyrrole nitrogens is 1. The average molecular weight is 254 g/mol. The van der Waals surface area contributed by atoms with E-state index >= 15 is 0 Å². The summed E-state index contributed by atoms with van der Waals surface area (Å²) in [6, 6.07) is 5.00. The van der Waals surface area contributed by atoms with Crippen LogP contribution in [0.2, 0.25) is 5.02 Å². The lowest BCUT2D eigenvalue weighted by atomic mass is 10.2. The van der Waals surface area contributed by atoms with Crippen LogP contribution in [-0.2, 0) is 13.1 Å². The van der Waals surface area contributed by atoms with E-state index in [1.807, 2.05) is 6.92 Å². The molecule has 5 heteroatoms. The maximum absolute atomic E-state index is 13.6. The van der Waals surface area contributed by atoms with E-state index < -0.39 is 0 Å². The second-order valence-electron chi connectivity index (χ2n) is 3.84. The van der Waals surface area contributed by atoms with Crippen LogP contribution < -0.4 is 5.32 Å². The van der Waals surface area contributed by atoms with Gasteiger partial charge in [0.2, 0.25) is 0 Å². The number of aromatic amines is 1. The van der Waals surface area contributed by atoms with Gasteiger partial charge < -0.3 is 5.32 Å². The van der Waals surface area contributed by atoms with Crippen molar-refractivity contribution in [1.82, 2.24) is 15.5 Å². The Morgan fingerprint density at radius 1 is 1.35 bits per heavy atom. The first-order chi connectivity index (χ1) is 8.18. The minimum Gasteiger partial charge on any atom is -0.308 e. The van der Waals surface area contributed by atoms with Crippen molar-refractivity contribution >= 4 is 11.6 Å². The Morgan fingerprint density at radius 2 is 2.12 bits per heavy atom. The molecule has 0 aliphatic heterocycles. The van der Waals surface area contributed by atoms with Crippen molar-refractivity contribution in [2.75, 3.05) is 0 Å². The third-order valence-corrected chi connectivity index (χ3v) is 2.89. The summed E-state index contributed by atoms with van der Waals surface area (Å²) in [5.74, 6) is -0.356. The second-order valence-corrected chi connectivity index (χ2v) is 4.24. The van der Waals surface area contributed by atoms with Gasteiger partial charge in [-0.25, -0.2) is 4.39 Å². The molecule has 0 atom stereocenters. The summed E-state index contributed by atoms with van der Waals surface area (Å²) in [5.41, 5.74) is 2.66. The molecule has 2 rings (SSSR count). The van der Waals surface area contributed by atoms with E-state index in [2.05, 4.69) is 15.5 Å². The first-order valence-electron chi connectivity index (χ1n) is 5.31. The molecule has 0 spiro atoms. The molecule has 0 aliphatic carbocycles. The zero-order valence-electron chi connectivity index (χ0n) is 9.43. The van der Waals surface area contributed by atoms with Crippen molar-refractivity contribution in [1.29, 1.82) is 0 Å². The van der Waals surface area contributed by atoms with Crippen molar-refractivity contribution < 1.29 is 4.39 Å². The summed E-state index contributed by atoms with van der Waals surface area (Å²) in [5, 5.41) is 10.1. The van der Waals surface area contributed by atoms with E-state index in [-0.39, 0.29) is 10.8 Å². The number of nitrogens with zero attached hydrogens (tertiary/aromatic N) is 1. The molecule has 0 saturated heterocycles. The zero-order chi connectivity index (χ0) is 12.3. The normalized spacial score (nSPS) is 10.8. The molecule has 2 N–H and O–H groups in total. The van der Waals surface area contributed by atoms with E-state index in [9.17, 15) is 4.39 Å². The third-order valence-electron chi connectivity index (χ3n) is 2.60. The number of hydrogen-bond donors (Lipinski definition) is 2. The minimum atomic E-state index is -0.356. The number of aromatic nitrogens is 2. The maximum atomic E-state index is 13.6. The summed E-state index contributed by atoms with van der Waals surface area (Å²) in [4.78, 5) is 0. The number of benzene rings is 1. The summed E-state index contributed by atoms with van der Waals surface area (Å²) in [7, 11) is 0. The average Bonchev–Trinajstić information content (AvgIpc) is 2.71. The molecule has 0 fully saturated rings. The lowest BCUT2D eigenvalue weighted by molar-refractivity contribution is 0.588. The molecule has 2 aromatic rings. The van der Waals surface area contributed by atoms with Crippen molar-refractivity contribution in [3.63, 3.8) is 0 Å². The molecule has 1 heterocycles. The molecule has 0 unspecified atom stereocenters. The first kappa shape index (κ1) is 12.1. The molecule has 1 aromatic heterocycles. The molecule has 0 radical (unpaired) electrons. The van der Waals surface area contributed by atoms with Gasteiger partial charge in [0.05, 0.1) is 11.2 Å². The summed E-state index contributed by atoms with van der Waals surface area (Å²) >= 11 is 5.70. The van der Waals surface area contributed by atoms with Gasteiger partial charge in [0.25, 0.3) is 0 Å². The van der Waals surface area contributed by atoms with Crippen LogP contribution in [-0.4, -0.2) is 10.2 Å². The van der Waals surface area contributed by atoms with Crippen LogP contribution in [0.25, 0.3) is 0 Å². The minimum absolute atomic E-state index is 0.156. The number of aryl methyl sites for hydroxylation is 1. The highest BCUT2D eigenvalue weighted by atomic mass is 35.5. The summed E-state index contributed by atoms with van der Waals surface area (Å²) in [6.45, 7) is 3.04. The third kappa shape index (κ3) is 2.84. The van der Waals surface area contributed by atoms with E-state index in [4.69, 9.17) is 11.6 Å². The fraction of sp³-hybridized carbons (Fsp3) is 0.250. The second kappa shape index (κ2) is 5.29. The smallest absolute Gasteiger partial charge is 0.146 e. The van der Waals surface area contributed by atoms with Gasteiger partial charge in [-0.2, -0.15) is 5.10 Å². The van der Waals surface area contributed by atoms with Crippen LogP contribution in [0.1, 0.15) is 16.8 Å². The Labute approximate surface area is 104 Å². The molecule has 0 aliphatic rings. The van der Waals surface area contributed by atoms with Crippen LogP contribution in [0.5, 0.6) is 0 Å². The highest BCUT2D eigenvalue weighted by Crippen LogP contribution is 2.17. The molecular weight excluding hydrogens is 241 g/mol. The fourth-order valence-electron chi connectivity index (χ4n) is 1.57. The van der Waals surface area contributed by atoms with E-state index in [1.165, 1.54) is 0 Å². The van der Waals surface area contributed by atoms with Crippen LogP contribution in [0.3, 0.4) is 0 Å². The van der Waals surface area contributed by atoms with Crippen LogP contribution in [0.4, 0.5) is 4.39 Å². The van der Waals surface area contributed by atoms with Gasteiger partial charge in [-0.1, -0.05) is 23.7 Å². The van der Waals surface area contributed by atoms with E-state index in [0.717, 1.165) is 11.3 Å². The Bertz CT molecular complexity index is 510. The molecule has 1 aromatic carbocycles. The van der Waals surface area contributed by atoms with Gasteiger partial charge in [0.1, 0.15) is 5.82 Å². The zero-order valence-corrected chi connectivity index (χ0v) is 10.2. The largest absolute Gasteiger partial charge is 0.308 e. The Morgan fingerprint density at radius 3 is 2.82 bits per heavy atom. The van der Waals surface area contributed by atoms with Crippen molar-refractivity contribution in [2.45, 2.75) is 20.0 Å². The van der Waals surface area contributed by atoms with Crippen molar-refractivity contribution in [2.24, 2.45) is 0 Å². The topological polar surface area (TPSA) is 40.7 Å². The molecule has 90 valence electrons. The molecule has 3 nitrogen and oxygen atoms in total. The molecule has 0 amide bonds. The molecule has 0 bridgehead atoms. The van der Waals surface area contributed by atoms with Crippen LogP contribution in [0.15, 0.2) is 24.4 Å². The highest BCUT2D eigenvalue weighted by molar-refractivity contribution is 6.30.